The number of nitrogens with zero attached hydrogens (tertiary/aromatic N) is 2. The zero-order chi connectivity index (χ0) is 20.6. The Balaban J connectivity index is 1.51. The quantitative estimate of drug-likeness (QED) is 0.571. The molecular weight excluding hydrogens is 366 g/mol. The third-order valence-electron chi connectivity index (χ3n) is 4.47. The fourth-order valence-corrected chi connectivity index (χ4v) is 2.85. The Morgan fingerprint density at radius 3 is 2.34 bits per heavy atom. The molecule has 3 rings (SSSR count). The van der Waals surface area contributed by atoms with E-state index in [0.29, 0.717) is 24.3 Å². The van der Waals surface area contributed by atoms with Crippen LogP contribution < -0.4 is 16.0 Å². The molecule has 1 heterocycles. The second-order valence-electron chi connectivity index (χ2n) is 6.71. The minimum absolute atomic E-state index is 0.0473. The summed E-state index contributed by atoms with van der Waals surface area (Å²) in [7, 11) is 0. The number of urea groups is 1. The minimum atomic E-state index is -0.286. The number of carbonyl (C=O) groups is 2. The van der Waals surface area contributed by atoms with Gasteiger partial charge in [0.15, 0.2) is 0 Å². The van der Waals surface area contributed by atoms with Crippen LogP contribution in [0, 0.1) is 6.92 Å². The lowest BCUT2D eigenvalue weighted by atomic mass is 10.1. The molecule has 0 fully saturated rings. The lowest BCUT2D eigenvalue weighted by Gasteiger charge is -2.10. The molecule has 1 aromatic heterocycles. The topological polar surface area (TPSA) is 88.0 Å². The molecule has 7 nitrogen and oxygen atoms in total. The number of hydrogen-bond donors (Lipinski definition) is 3. The second kappa shape index (κ2) is 9.54. The number of hydrogen-bond acceptors (Lipinski definition) is 3. The van der Waals surface area contributed by atoms with Gasteiger partial charge in [0.1, 0.15) is 5.82 Å². The number of aromatic nitrogens is 2. The van der Waals surface area contributed by atoms with Crippen LogP contribution in [0.15, 0.2) is 60.9 Å². The van der Waals surface area contributed by atoms with Crippen molar-refractivity contribution in [3.05, 3.63) is 77.9 Å². The van der Waals surface area contributed by atoms with E-state index in [-0.39, 0.29) is 11.9 Å². The highest BCUT2D eigenvalue weighted by atomic mass is 16.2. The van der Waals surface area contributed by atoms with Gasteiger partial charge in [0, 0.05) is 43.3 Å². The summed E-state index contributed by atoms with van der Waals surface area (Å²) in [5.74, 6) is 0.919. The molecule has 0 bridgehead atoms. The van der Waals surface area contributed by atoms with E-state index in [4.69, 9.17) is 0 Å². The summed E-state index contributed by atoms with van der Waals surface area (Å²) in [6.07, 6.45) is 4.16. The van der Waals surface area contributed by atoms with Gasteiger partial charge in [0.05, 0.1) is 0 Å². The summed E-state index contributed by atoms with van der Waals surface area (Å²) in [6, 6.07) is 14.8. The van der Waals surface area contributed by atoms with Gasteiger partial charge in [-0.1, -0.05) is 31.2 Å². The van der Waals surface area contributed by atoms with Crippen molar-refractivity contribution in [3.8, 4) is 0 Å². The largest absolute Gasteiger partial charge is 0.334 e. The lowest BCUT2D eigenvalue weighted by molar-refractivity contribution is -0.115. The first kappa shape index (κ1) is 20.1. The molecule has 7 heteroatoms. The highest BCUT2D eigenvalue weighted by Gasteiger charge is 2.05. The van der Waals surface area contributed by atoms with Gasteiger partial charge in [-0.2, -0.15) is 0 Å². The molecule has 0 radical (unpaired) electrons. The van der Waals surface area contributed by atoms with Crippen LogP contribution in [0.25, 0.3) is 0 Å². The van der Waals surface area contributed by atoms with Crippen LogP contribution in [0.4, 0.5) is 16.2 Å². The van der Waals surface area contributed by atoms with Gasteiger partial charge in [-0.05, 0) is 42.3 Å². The monoisotopic (exact) mass is 391 g/mol. The maximum atomic E-state index is 12.2. The molecule has 0 aliphatic rings. The molecule has 3 aromatic rings. The van der Waals surface area contributed by atoms with E-state index >= 15 is 0 Å². The number of carbonyl (C=O) groups excluding carboxylic acids is 2. The molecular formula is C22H25N5O2. The third-order valence-corrected chi connectivity index (χ3v) is 4.47. The van der Waals surface area contributed by atoms with E-state index in [9.17, 15) is 9.59 Å². The van der Waals surface area contributed by atoms with E-state index in [2.05, 4.69) is 37.6 Å². The fraction of sp³-hybridized carbons (Fsp3) is 0.227. The average Bonchev–Trinajstić information content (AvgIpc) is 3.12. The number of imidazole rings is 1. The van der Waals surface area contributed by atoms with Crippen molar-refractivity contribution >= 4 is 23.3 Å². The minimum Gasteiger partial charge on any atom is -0.334 e. The molecule has 0 spiro atoms. The summed E-state index contributed by atoms with van der Waals surface area (Å²) < 4.78 is 2.08. The normalized spacial score (nSPS) is 10.4. The van der Waals surface area contributed by atoms with E-state index < -0.39 is 0 Å². The molecule has 0 atom stereocenters. The molecule has 150 valence electrons. The van der Waals surface area contributed by atoms with E-state index in [0.717, 1.165) is 23.5 Å². The lowest BCUT2D eigenvalue weighted by Crippen LogP contribution is -2.28. The maximum absolute atomic E-state index is 12.2. The van der Waals surface area contributed by atoms with Crippen molar-refractivity contribution in [2.24, 2.45) is 0 Å². The molecule has 3 amide bonds. The molecule has 3 N–H and O–H groups in total. The average molecular weight is 391 g/mol. The number of rotatable bonds is 7. The Kier molecular flexibility index (Phi) is 6.63. The van der Waals surface area contributed by atoms with Gasteiger partial charge in [0.2, 0.25) is 5.91 Å². The van der Waals surface area contributed by atoms with Crippen LogP contribution in [-0.4, -0.2) is 21.5 Å². The Morgan fingerprint density at radius 2 is 1.69 bits per heavy atom. The van der Waals surface area contributed by atoms with E-state index in [1.165, 1.54) is 0 Å². The number of nitrogens with one attached hydrogen (secondary N) is 3. The number of anilines is 2. The van der Waals surface area contributed by atoms with Crippen molar-refractivity contribution < 1.29 is 9.59 Å². The molecule has 0 saturated heterocycles. The van der Waals surface area contributed by atoms with Crippen LogP contribution in [0.5, 0.6) is 0 Å². The first-order chi connectivity index (χ1) is 14.0. The van der Waals surface area contributed by atoms with E-state index in [1.807, 2.05) is 25.3 Å². The highest BCUT2D eigenvalue weighted by molar-refractivity contribution is 5.92. The summed E-state index contributed by atoms with van der Waals surface area (Å²) in [5.41, 5.74) is 3.53. The predicted molar refractivity (Wildman–Crippen MR) is 114 cm³/mol. The zero-order valence-corrected chi connectivity index (χ0v) is 16.6. The van der Waals surface area contributed by atoms with Crippen LogP contribution in [0.3, 0.4) is 0 Å². The summed E-state index contributed by atoms with van der Waals surface area (Å²) >= 11 is 0. The predicted octanol–water partition coefficient (Wildman–Crippen LogP) is 3.91. The summed E-state index contributed by atoms with van der Waals surface area (Å²) in [5, 5.41) is 8.42. The van der Waals surface area contributed by atoms with Crippen molar-refractivity contribution in [2.75, 3.05) is 10.6 Å². The first-order valence-electron chi connectivity index (χ1n) is 9.54. The van der Waals surface area contributed by atoms with Gasteiger partial charge in [-0.25, -0.2) is 9.78 Å². The first-order valence-corrected chi connectivity index (χ1v) is 9.54. The van der Waals surface area contributed by atoms with Crippen molar-refractivity contribution in [3.63, 3.8) is 0 Å². The van der Waals surface area contributed by atoms with Gasteiger partial charge < -0.3 is 20.5 Å². The zero-order valence-electron chi connectivity index (χ0n) is 16.6. The van der Waals surface area contributed by atoms with Gasteiger partial charge in [-0.15, -0.1) is 0 Å². The Hall–Kier alpha value is -3.61. The number of aryl methyl sites for hydroxylation is 1. The van der Waals surface area contributed by atoms with Crippen molar-refractivity contribution in [2.45, 2.75) is 33.4 Å². The van der Waals surface area contributed by atoms with E-state index in [1.54, 1.807) is 37.4 Å². The Bertz CT molecular complexity index is 979. The SMILES string of the molecule is CCC(=O)Nc1ccc(NC(=O)NCc2cccc(Cn3ccnc3C)c2)cc1. The van der Waals surface area contributed by atoms with Crippen LogP contribution >= 0.6 is 0 Å². The molecule has 2 aromatic carbocycles. The highest BCUT2D eigenvalue weighted by Crippen LogP contribution is 2.14. The summed E-state index contributed by atoms with van der Waals surface area (Å²) in [6.45, 7) is 4.93. The molecule has 0 aliphatic carbocycles. The van der Waals surface area contributed by atoms with Crippen LogP contribution in [0.2, 0.25) is 0 Å². The van der Waals surface area contributed by atoms with Gasteiger partial charge in [-0.3, -0.25) is 4.79 Å². The Morgan fingerprint density at radius 1 is 1.00 bits per heavy atom. The van der Waals surface area contributed by atoms with Crippen LogP contribution in [0.1, 0.15) is 30.3 Å². The van der Waals surface area contributed by atoms with Gasteiger partial charge in [0.25, 0.3) is 0 Å². The summed E-state index contributed by atoms with van der Waals surface area (Å²) in [4.78, 5) is 27.8. The maximum Gasteiger partial charge on any atom is 0.319 e. The third kappa shape index (κ3) is 5.93. The Labute approximate surface area is 170 Å². The molecule has 0 unspecified atom stereocenters. The molecule has 0 aliphatic heterocycles. The van der Waals surface area contributed by atoms with Crippen LogP contribution in [-0.2, 0) is 17.9 Å². The second-order valence-corrected chi connectivity index (χ2v) is 6.71. The molecule has 29 heavy (non-hydrogen) atoms. The number of benzene rings is 2. The number of amides is 3. The smallest absolute Gasteiger partial charge is 0.319 e. The van der Waals surface area contributed by atoms with Crippen molar-refractivity contribution in [1.29, 1.82) is 0 Å². The fourth-order valence-electron chi connectivity index (χ4n) is 2.85. The standard InChI is InChI=1S/C22H25N5O2/c1-3-21(28)25-19-7-9-20(10-8-19)26-22(29)24-14-17-5-4-6-18(13-17)15-27-12-11-23-16(27)2/h4-13H,3,14-15H2,1-2H3,(H,25,28)(H2,24,26,29). The van der Waals surface area contributed by atoms with Crippen molar-refractivity contribution in [1.82, 2.24) is 14.9 Å². The molecule has 0 saturated carbocycles. The van der Waals surface area contributed by atoms with Gasteiger partial charge >= 0.3 is 6.03 Å².